The molecule has 22 heavy (non-hydrogen) atoms. The molecule has 1 heterocycles. The molecule has 0 amide bonds. The lowest BCUT2D eigenvalue weighted by Crippen LogP contribution is -2.48. The highest BCUT2D eigenvalue weighted by Crippen LogP contribution is 2.20. The Bertz CT molecular complexity index is 302. The summed E-state index contributed by atoms with van der Waals surface area (Å²) in [6.07, 6.45) is 3.78. The molecule has 2 atom stereocenters. The third-order valence-corrected chi connectivity index (χ3v) is 4.54. The van der Waals surface area contributed by atoms with Crippen molar-refractivity contribution in [1.82, 2.24) is 15.1 Å². The first-order valence-corrected chi connectivity index (χ1v) is 9.36. The van der Waals surface area contributed by atoms with Crippen molar-refractivity contribution < 1.29 is 0 Å². The van der Waals surface area contributed by atoms with Gasteiger partial charge in [-0.2, -0.15) is 0 Å². The van der Waals surface area contributed by atoms with Gasteiger partial charge in [0.2, 0.25) is 0 Å². The molecule has 1 saturated heterocycles. The summed E-state index contributed by atoms with van der Waals surface area (Å²) in [6.45, 7) is 19.1. The summed E-state index contributed by atoms with van der Waals surface area (Å²) in [5, 5.41) is 3.48. The molecule has 1 rings (SSSR count). The number of hydrogen-bond acceptors (Lipinski definition) is 2. The Morgan fingerprint density at radius 1 is 1.09 bits per heavy atom. The average molecular weight is 311 g/mol. The Labute approximate surface area is 138 Å². The van der Waals surface area contributed by atoms with E-state index >= 15 is 0 Å². The van der Waals surface area contributed by atoms with Crippen molar-refractivity contribution in [3.8, 4) is 0 Å². The number of hydrogen-bond donors (Lipinski definition) is 1. The van der Waals surface area contributed by atoms with Gasteiger partial charge in [-0.3, -0.25) is 4.99 Å². The van der Waals surface area contributed by atoms with Crippen LogP contribution in [-0.4, -0.2) is 61.6 Å². The molecular formula is C18H38N4. The van der Waals surface area contributed by atoms with Crippen LogP contribution in [0.5, 0.6) is 0 Å². The summed E-state index contributed by atoms with van der Waals surface area (Å²) in [6, 6.07) is 0. The fourth-order valence-corrected chi connectivity index (χ4v) is 3.43. The van der Waals surface area contributed by atoms with Crippen LogP contribution in [0.2, 0.25) is 0 Å². The normalized spacial score (nSPS) is 23.2. The van der Waals surface area contributed by atoms with Gasteiger partial charge in [-0.1, -0.05) is 27.7 Å². The van der Waals surface area contributed by atoms with Gasteiger partial charge >= 0.3 is 0 Å². The summed E-state index contributed by atoms with van der Waals surface area (Å²) >= 11 is 0. The molecule has 0 aromatic heterocycles. The number of unbranched alkanes of at least 4 members (excludes halogenated alkanes) is 1. The minimum atomic E-state index is 0.773. The van der Waals surface area contributed by atoms with Crippen molar-refractivity contribution in [2.24, 2.45) is 16.8 Å². The smallest absolute Gasteiger partial charge is 0.193 e. The zero-order chi connectivity index (χ0) is 16.4. The first-order chi connectivity index (χ1) is 10.6. The largest absolute Gasteiger partial charge is 0.357 e. The highest BCUT2D eigenvalue weighted by atomic mass is 15.3. The van der Waals surface area contributed by atoms with Gasteiger partial charge in [0.15, 0.2) is 5.96 Å². The van der Waals surface area contributed by atoms with Gasteiger partial charge in [0.05, 0.1) is 0 Å². The van der Waals surface area contributed by atoms with Crippen LogP contribution >= 0.6 is 0 Å². The summed E-state index contributed by atoms with van der Waals surface area (Å²) in [5.41, 5.74) is 0. The lowest BCUT2D eigenvalue weighted by atomic mass is 9.92. The van der Waals surface area contributed by atoms with E-state index in [1.807, 2.05) is 0 Å². The first kappa shape index (κ1) is 19.3. The number of rotatable bonds is 8. The molecular weight excluding hydrogens is 272 g/mol. The predicted molar refractivity (Wildman–Crippen MR) is 97.5 cm³/mol. The second-order valence-corrected chi connectivity index (χ2v) is 6.82. The lowest BCUT2D eigenvalue weighted by Gasteiger charge is -2.37. The van der Waals surface area contributed by atoms with Crippen LogP contribution in [0.25, 0.3) is 0 Å². The first-order valence-electron chi connectivity index (χ1n) is 9.36. The zero-order valence-corrected chi connectivity index (χ0v) is 15.6. The predicted octanol–water partition coefficient (Wildman–Crippen LogP) is 3.05. The molecule has 4 nitrogen and oxygen atoms in total. The van der Waals surface area contributed by atoms with E-state index in [1.165, 1.54) is 25.8 Å². The van der Waals surface area contributed by atoms with Crippen LogP contribution in [0.15, 0.2) is 4.99 Å². The van der Waals surface area contributed by atoms with E-state index < -0.39 is 0 Å². The van der Waals surface area contributed by atoms with Crippen molar-refractivity contribution in [3.63, 3.8) is 0 Å². The summed E-state index contributed by atoms with van der Waals surface area (Å²) in [4.78, 5) is 9.82. The molecule has 1 N–H and O–H groups in total. The van der Waals surface area contributed by atoms with Gasteiger partial charge in [0.1, 0.15) is 0 Å². The molecule has 1 aliphatic heterocycles. The van der Waals surface area contributed by atoms with Crippen LogP contribution in [0.1, 0.15) is 53.9 Å². The molecule has 2 unspecified atom stereocenters. The number of guanidine groups is 1. The maximum absolute atomic E-state index is 4.87. The minimum Gasteiger partial charge on any atom is -0.357 e. The van der Waals surface area contributed by atoms with E-state index in [1.54, 1.807) is 0 Å². The van der Waals surface area contributed by atoms with Gasteiger partial charge in [0.25, 0.3) is 0 Å². The number of piperidine rings is 1. The van der Waals surface area contributed by atoms with Crippen LogP contribution in [0, 0.1) is 11.8 Å². The number of likely N-dealkylation sites (tertiary alicyclic amines) is 1. The quantitative estimate of drug-likeness (QED) is 0.425. The molecule has 4 heteroatoms. The Kier molecular flexibility index (Phi) is 9.53. The minimum absolute atomic E-state index is 0.773. The Morgan fingerprint density at radius 2 is 1.73 bits per heavy atom. The van der Waals surface area contributed by atoms with Crippen molar-refractivity contribution in [2.45, 2.75) is 53.9 Å². The highest BCUT2D eigenvalue weighted by molar-refractivity contribution is 5.80. The van der Waals surface area contributed by atoms with Gasteiger partial charge in [-0.15, -0.1) is 0 Å². The summed E-state index contributed by atoms with van der Waals surface area (Å²) in [7, 11) is 0. The van der Waals surface area contributed by atoms with E-state index in [0.29, 0.717) is 0 Å². The Hall–Kier alpha value is -0.770. The fraction of sp³-hybridized carbons (Fsp3) is 0.944. The number of nitrogens with zero attached hydrogens (tertiary/aromatic N) is 3. The third-order valence-electron chi connectivity index (χ3n) is 4.54. The fourth-order valence-electron chi connectivity index (χ4n) is 3.43. The Balaban J connectivity index is 2.41. The van der Waals surface area contributed by atoms with E-state index in [-0.39, 0.29) is 0 Å². The van der Waals surface area contributed by atoms with Crippen molar-refractivity contribution in [2.75, 3.05) is 45.8 Å². The topological polar surface area (TPSA) is 30.9 Å². The van der Waals surface area contributed by atoms with E-state index in [2.05, 4.69) is 49.7 Å². The van der Waals surface area contributed by atoms with Crippen LogP contribution in [0.4, 0.5) is 0 Å². The summed E-state index contributed by atoms with van der Waals surface area (Å²) in [5.74, 6) is 2.68. The Morgan fingerprint density at radius 3 is 2.27 bits per heavy atom. The molecule has 0 aromatic rings. The number of aliphatic imine (C=N–C) groups is 1. The highest BCUT2D eigenvalue weighted by Gasteiger charge is 2.23. The monoisotopic (exact) mass is 310 g/mol. The maximum Gasteiger partial charge on any atom is 0.193 e. The van der Waals surface area contributed by atoms with E-state index in [9.17, 15) is 0 Å². The molecule has 0 saturated carbocycles. The second-order valence-electron chi connectivity index (χ2n) is 6.82. The molecule has 0 radical (unpaired) electrons. The molecule has 1 fully saturated rings. The zero-order valence-electron chi connectivity index (χ0n) is 15.6. The van der Waals surface area contributed by atoms with Gasteiger partial charge in [0, 0.05) is 26.2 Å². The van der Waals surface area contributed by atoms with Gasteiger partial charge in [-0.25, -0.2) is 0 Å². The van der Waals surface area contributed by atoms with Crippen LogP contribution in [-0.2, 0) is 0 Å². The SMILES string of the molecule is CCNC(=NCCCCN(CC)CC)N1CC(C)CC(C)C1. The molecule has 1 aliphatic rings. The van der Waals surface area contributed by atoms with Crippen molar-refractivity contribution in [1.29, 1.82) is 0 Å². The lowest BCUT2D eigenvalue weighted by molar-refractivity contribution is 0.208. The molecule has 0 bridgehead atoms. The van der Waals surface area contributed by atoms with Crippen LogP contribution in [0.3, 0.4) is 0 Å². The maximum atomic E-state index is 4.87. The molecule has 0 aromatic carbocycles. The third kappa shape index (κ3) is 6.99. The molecule has 130 valence electrons. The standard InChI is InChI=1S/C18H38N4/c1-6-19-18(22-14-16(4)13-17(5)15-22)20-11-9-10-12-21(7-2)8-3/h16-17H,6-15H2,1-5H3,(H,19,20). The van der Waals surface area contributed by atoms with Crippen molar-refractivity contribution >= 4 is 5.96 Å². The van der Waals surface area contributed by atoms with E-state index in [4.69, 9.17) is 4.99 Å². The average Bonchev–Trinajstić information content (AvgIpc) is 2.48. The van der Waals surface area contributed by atoms with Crippen LogP contribution < -0.4 is 5.32 Å². The summed E-state index contributed by atoms with van der Waals surface area (Å²) < 4.78 is 0. The molecule has 0 spiro atoms. The van der Waals surface area contributed by atoms with Gasteiger partial charge < -0.3 is 15.1 Å². The molecule has 0 aliphatic carbocycles. The number of nitrogens with one attached hydrogen (secondary N) is 1. The second kappa shape index (κ2) is 10.9. The van der Waals surface area contributed by atoms with Crippen molar-refractivity contribution in [3.05, 3.63) is 0 Å². The van der Waals surface area contributed by atoms with E-state index in [0.717, 1.165) is 57.1 Å². The van der Waals surface area contributed by atoms with Gasteiger partial charge in [-0.05, 0) is 57.7 Å².